The van der Waals surface area contributed by atoms with E-state index in [1.165, 1.54) is 60.8 Å². The largest absolute Gasteiger partial charge is 0.353 e. The molecule has 7 amide bonds. The van der Waals surface area contributed by atoms with E-state index < -0.39 is 20.0 Å². The first-order valence-corrected chi connectivity index (χ1v) is 43.9. The van der Waals surface area contributed by atoms with Crippen molar-refractivity contribution in [3.63, 3.8) is 0 Å². The number of hydrogen-bond donors (Lipinski definition) is 7. The Morgan fingerprint density at radius 3 is 1.14 bits per heavy atom. The molecule has 6 aromatic heterocycles. The van der Waals surface area contributed by atoms with Gasteiger partial charge in [0.2, 0.25) is 31.9 Å². The van der Waals surface area contributed by atoms with Gasteiger partial charge in [0.25, 0.3) is 29.5 Å². The van der Waals surface area contributed by atoms with E-state index in [0.29, 0.717) is 151 Å². The SMILES string of the molecule is CC(=O)N1CCN(c2ccc(C(=O)Nc3ccc(Cl)c(-c4ccccn4)c3)cn2)CC1.CC(C)CNC(=O)c1ccc(C(=O)Nc2ccc(Cl)c(-c3ccccn3)c2)cn1.CCCNS(=O)(=O)c1ccc(C(=O)Nc2ccc(Cl)c(-c3ccccn3)c2)cc1.O=C(Nc1ccc(Cl)c(-c2ccccn2)c1)c1ccc(S(=O)(=O)NCCCN2CCCC2=O)cc1. The Morgan fingerprint density at radius 2 is 0.806 bits per heavy atom. The summed E-state index contributed by atoms with van der Waals surface area (Å²) in [6.45, 7) is 12.7. The van der Waals surface area contributed by atoms with Crippen LogP contribution >= 0.6 is 46.4 Å². The Balaban J connectivity index is 0.000000161. The van der Waals surface area contributed by atoms with Crippen molar-refractivity contribution in [2.75, 3.05) is 85.1 Å². The highest BCUT2D eigenvalue weighted by Crippen LogP contribution is 2.34. The lowest BCUT2D eigenvalue weighted by Gasteiger charge is -2.34. The second kappa shape index (κ2) is 44.4. The van der Waals surface area contributed by atoms with Gasteiger partial charge in [-0.05, 0) is 219 Å². The van der Waals surface area contributed by atoms with E-state index in [0.717, 1.165) is 48.7 Å². The zero-order valence-corrected chi connectivity index (χ0v) is 72.5. The number of carbonyl (C=O) groups excluding carboxylic acids is 7. The molecule has 27 nitrogen and oxygen atoms in total. The van der Waals surface area contributed by atoms with Crippen LogP contribution in [0.5, 0.6) is 0 Å². The smallest absolute Gasteiger partial charge is 0.269 e. The van der Waals surface area contributed by atoms with E-state index in [1.807, 2.05) is 98.5 Å². The van der Waals surface area contributed by atoms with Crippen LogP contribution in [0.4, 0.5) is 28.6 Å². The zero-order valence-electron chi connectivity index (χ0n) is 67.9. The van der Waals surface area contributed by atoms with Gasteiger partial charge in [-0.3, -0.25) is 58.5 Å². The first-order chi connectivity index (χ1) is 59.7. The van der Waals surface area contributed by atoms with Crippen LogP contribution in [-0.2, 0) is 29.6 Å². The maximum atomic E-state index is 12.7. The van der Waals surface area contributed by atoms with Crippen LogP contribution in [0.25, 0.3) is 45.0 Å². The number of carbonyl (C=O) groups is 7. The highest BCUT2D eigenvalue weighted by molar-refractivity contribution is 7.89. The molecule has 12 aromatic rings. The number of amides is 7. The van der Waals surface area contributed by atoms with E-state index >= 15 is 0 Å². The highest BCUT2D eigenvalue weighted by atomic mass is 35.5. The van der Waals surface area contributed by atoms with Gasteiger partial charge >= 0.3 is 0 Å². The molecule has 124 heavy (non-hydrogen) atoms. The Morgan fingerprint density at radius 1 is 0.427 bits per heavy atom. The molecule has 14 rings (SSSR count). The van der Waals surface area contributed by atoms with Crippen molar-refractivity contribution in [2.45, 2.75) is 63.2 Å². The zero-order chi connectivity index (χ0) is 88.3. The molecular weight excluding hydrogens is 1700 g/mol. The van der Waals surface area contributed by atoms with Crippen LogP contribution in [0.3, 0.4) is 0 Å². The quantitative estimate of drug-likeness (QED) is 0.0248. The van der Waals surface area contributed by atoms with Crippen LogP contribution in [0.1, 0.15) is 105 Å². The van der Waals surface area contributed by atoms with Gasteiger partial charge in [-0.2, -0.15) is 0 Å². The predicted molar refractivity (Wildman–Crippen MR) is 485 cm³/mol. The Hall–Kier alpha value is -12.7. The van der Waals surface area contributed by atoms with E-state index in [1.54, 1.807) is 134 Å². The molecule has 638 valence electrons. The fraction of sp³-hybridized carbons (Fsp3) is 0.198. The fourth-order valence-electron chi connectivity index (χ4n) is 12.5. The lowest BCUT2D eigenvalue weighted by Crippen LogP contribution is -2.48. The minimum atomic E-state index is -3.72. The van der Waals surface area contributed by atoms with Gasteiger partial charge in [0, 0.05) is 166 Å². The van der Waals surface area contributed by atoms with Crippen LogP contribution in [0.15, 0.2) is 265 Å². The third-order valence-electron chi connectivity index (χ3n) is 19.1. The second-order valence-electron chi connectivity index (χ2n) is 28.6. The van der Waals surface area contributed by atoms with Crippen molar-refractivity contribution < 1.29 is 50.4 Å². The molecular formula is C91H88Cl4N16O11S2. The summed E-state index contributed by atoms with van der Waals surface area (Å²) in [4.78, 5) is 117. The van der Waals surface area contributed by atoms with Gasteiger partial charge in [0.05, 0.1) is 63.8 Å². The predicted octanol–water partition coefficient (Wildman–Crippen LogP) is 16.4. The van der Waals surface area contributed by atoms with Gasteiger partial charge in [0.15, 0.2) is 0 Å². The normalized spacial score (nSPS) is 12.4. The molecule has 0 spiro atoms. The highest BCUT2D eigenvalue weighted by Gasteiger charge is 2.24. The van der Waals surface area contributed by atoms with Crippen molar-refractivity contribution in [3.8, 4) is 45.0 Å². The number of nitrogens with one attached hydrogen (secondary N) is 7. The maximum Gasteiger partial charge on any atom is 0.269 e. The van der Waals surface area contributed by atoms with Crippen LogP contribution in [0, 0.1) is 5.92 Å². The van der Waals surface area contributed by atoms with Gasteiger partial charge in [-0.15, -0.1) is 0 Å². The minimum absolute atomic E-state index is 0.0650. The maximum absolute atomic E-state index is 12.7. The van der Waals surface area contributed by atoms with Crippen LogP contribution in [0.2, 0.25) is 20.1 Å². The van der Waals surface area contributed by atoms with Gasteiger partial charge in [-0.1, -0.05) is 91.4 Å². The molecule has 0 bridgehead atoms. The molecule has 2 saturated heterocycles. The number of halogens is 4. The molecule has 33 heteroatoms. The summed E-state index contributed by atoms with van der Waals surface area (Å²) >= 11 is 25.2. The van der Waals surface area contributed by atoms with E-state index in [4.69, 9.17) is 46.4 Å². The van der Waals surface area contributed by atoms with Crippen molar-refractivity contribution >= 4 is 136 Å². The number of aromatic nitrogens is 6. The van der Waals surface area contributed by atoms with E-state index in [2.05, 4.69) is 70.8 Å². The molecule has 0 unspecified atom stereocenters. The van der Waals surface area contributed by atoms with Crippen molar-refractivity contribution in [3.05, 3.63) is 304 Å². The van der Waals surface area contributed by atoms with Crippen molar-refractivity contribution in [1.82, 2.24) is 54.5 Å². The topological polar surface area (TPSA) is 359 Å². The molecule has 8 heterocycles. The first-order valence-electron chi connectivity index (χ1n) is 39.5. The number of anilines is 5. The lowest BCUT2D eigenvalue weighted by atomic mass is 10.1. The third-order valence-corrected chi connectivity index (χ3v) is 23.4. The second-order valence-corrected chi connectivity index (χ2v) is 33.7. The Kier molecular flexibility index (Phi) is 32.9. The molecule has 0 radical (unpaired) electrons. The molecule has 2 aliphatic rings. The summed E-state index contributed by atoms with van der Waals surface area (Å²) in [6, 6.07) is 61.0. The average molecular weight is 1790 g/mol. The van der Waals surface area contributed by atoms with Gasteiger partial charge in [-0.25, -0.2) is 31.3 Å². The summed E-state index contributed by atoms with van der Waals surface area (Å²) < 4.78 is 54.4. The minimum Gasteiger partial charge on any atom is -0.353 e. The number of likely N-dealkylation sites (tertiary alicyclic amines) is 1. The van der Waals surface area contributed by atoms with Crippen LogP contribution in [-0.4, -0.2) is 157 Å². The van der Waals surface area contributed by atoms with Crippen molar-refractivity contribution in [2.24, 2.45) is 5.92 Å². The van der Waals surface area contributed by atoms with Gasteiger partial charge in [0.1, 0.15) is 11.5 Å². The summed E-state index contributed by atoms with van der Waals surface area (Å²) in [5.74, 6) is -0.236. The number of pyridine rings is 6. The monoisotopic (exact) mass is 1780 g/mol. The van der Waals surface area contributed by atoms with E-state index in [9.17, 15) is 50.4 Å². The molecule has 0 aliphatic carbocycles. The molecule has 0 saturated carbocycles. The summed E-state index contributed by atoms with van der Waals surface area (Å²) in [6.07, 6.45) is 12.3. The molecule has 2 fully saturated rings. The Bertz CT molecular complexity index is 5960. The standard InChI is InChI=1S/C25H25ClN4O4S.C23H22ClN5O2.C22H21ClN4O2.C21H20ClN3O3S/c26-22-12-9-19(17-21(22)23-5-1-2-13-27-23)29-25(32)18-7-10-20(11-8-18)35(33,34)28-14-4-16-30-15-3-6-24(30)31;1-16(30)28-10-12-29(13-11-28)22-8-5-17(15-26-22)23(31)27-18-6-7-20(24)19(14-18)21-4-2-3-9-25-21;1-14(2)12-26-22(29)20-9-6-15(13-25-20)21(28)27-16-7-8-18(23)17(11-16)19-5-3-4-10-24-19;1-2-12-24-29(27,28)17-9-6-15(7-10-17)21(26)25-16-8-11-19(22)18(14-16)20-5-3-4-13-23-20/h1-2,5,7-13,17,28H,3-4,6,14-16H2,(H,29,32);2-9,14-15H,10-13H2,1H3,(H,27,31);3-11,13-14H,12H2,1-2H3,(H,26,29)(H,27,28);3-11,13-14,24H,2,12H2,1H3,(H,25,26). The van der Waals surface area contributed by atoms with Gasteiger partial charge < -0.3 is 41.3 Å². The number of rotatable bonds is 26. The number of benzene rings is 6. The number of hydrogen-bond acceptors (Lipinski definition) is 18. The number of sulfonamides is 2. The number of piperazine rings is 1. The molecule has 2 aliphatic heterocycles. The summed E-state index contributed by atoms with van der Waals surface area (Å²) in [5, 5.41) is 16.2. The molecule has 7 N–H and O–H groups in total. The lowest BCUT2D eigenvalue weighted by molar-refractivity contribution is -0.129. The van der Waals surface area contributed by atoms with Crippen LogP contribution < -0.4 is 40.9 Å². The average Bonchev–Trinajstić information content (AvgIpc) is 0.881. The summed E-state index contributed by atoms with van der Waals surface area (Å²) in [7, 11) is -7.29. The van der Waals surface area contributed by atoms with Crippen molar-refractivity contribution in [1.29, 1.82) is 0 Å². The first kappa shape index (κ1) is 92.0. The molecule has 0 atom stereocenters. The molecule has 6 aromatic carbocycles. The third kappa shape index (κ3) is 26.2. The fourth-order valence-corrected chi connectivity index (χ4v) is 15.6. The summed E-state index contributed by atoms with van der Waals surface area (Å²) in [5.41, 5.74) is 9.72. The Labute approximate surface area is 739 Å². The van der Waals surface area contributed by atoms with E-state index in [-0.39, 0.29) is 63.4 Å². The number of nitrogens with zero attached hydrogens (tertiary/aromatic N) is 9.